The van der Waals surface area contributed by atoms with Gasteiger partial charge in [-0.05, 0) is 37.3 Å². The number of thiophene rings is 1. The van der Waals surface area contributed by atoms with Gasteiger partial charge in [-0.25, -0.2) is 0 Å². The number of aliphatic imine (C=N–C) groups is 1. The predicted molar refractivity (Wildman–Crippen MR) is 110 cm³/mol. The second-order valence-electron chi connectivity index (χ2n) is 7.05. The zero-order chi connectivity index (χ0) is 19.1. The van der Waals surface area contributed by atoms with E-state index in [4.69, 9.17) is 4.74 Å². The summed E-state index contributed by atoms with van der Waals surface area (Å²) in [7, 11) is 0. The standard InChI is InChI=1S/C20H29N3O3S/c1-2-21-19(23-13-20(14-24)7-9-26-10-8-20)22-12-16(25)18-11-15-5-3-4-6-17(15)27-18/h3-6,11,16,24-25H,2,7-10,12-14H2,1H3,(H2,21,22,23). The molecule has 1 aromatic carbocycles. The first kappa shape index (κ1) is 20.1. The van der Waals surface area contributed by atoms with Crippen molar-refractivity contribution in [1.29, 1.82) is 0 Å². The molecule has 0 amide bonds. The highest BCUT2D eigenvalue weighted by Gasteiger charge is 2.31. The van der Waals surface area contributed by atoms with Crippen LogP contribution in [-0.2, 0) is 4.74 Å². The summed E-state index contributed by atoms with van der Waals surface area (Å²) in [4.78, 5) is 5.60. The van der Waals surface area contributed by atoms with E-state index in [1.165, 1.54) is 4.70 Å². The molecule has 148 valence electrons. The van der Waals surface area contributed by atoms with Gasteiger partial charge in [-0.3, -0.25) is 4.99 Å². The second kappa shape index (κ2) is 9.50. The van der Waals surface area contributed by atoms with Crippen LogP contribution >= 0.6 is 11.3 Å². The maximum atomic E-state index is 10.6. The molecule has 1 aliphatic heterocycles. The van der Waals surface area contributed by atoms with Gasteiger partial charge in [0.2, 0.25) is 0 Å². The van der Waals surface area contributed by atoms with Crippen LogP contribution in [-0.4, -0.2) is 55.6 Å². The fraction of sp³-hybridized carbons (Fsp3) is 0.550. The van der Waals surface area contributed by atoms with E-state index in [-0.39, 0.29) is 12.0 Å². The van der Waals surface area contributed by atoms with Crippen molar-refractivity contribution in [3.8, 4) is 0 Å². The number of benzene rings is 1. The molecule has 1 atom stereocenters. The minimum atomic E-state index is -0.596. The Hall–Kier alpha value is -1.67. The van der Waals surface area contributed by atoms with Crippen LogP contribution in [0.4, 0.5) is 0 Å². The normalized spacial score (nSPS) is 18.4. The average Bonchev–Trinajstić information content (AvgIpc) is 3.15. The molecule has 7 heteroatoms. The molecular weight excluding hydrogens is 362 g/mol. The van der Waals surface area contributed by atoms with Crippen molar-refractivity contribution in [1.82, 2.24) is 10.6 Å². The van der Waals surface area contributed by atoms with E-state index in [0.717, 1.165) is 29.6 Å². The van der Waals surface area contributed by atoms with Crippen LogP contribution in [0.3, 0.4) is 0 Å². The molecule has 3 rings (SSSR count). The summed E-state index contributed by atoms with van der Waals surface area (Å²) >= 11 is 1.61. The number of aliphatic hydroxyl groups excluding tert-OH is 2. The molecule has 2 aromatic rings. The second-order valence-corrected chi connectivity index (χ2v) is 8.16. The molecule has 0 bridgehead atoms. The lowest BCUT2D eigenvalue weighted by Gasteiger charge is -2.34. The molecule has 0 saturated carbocycles. The van der Waals surface area contributed by atoms with Gasteiger partial charge in [0.05, 0.1) is 13.2 Å². The third kappa shape index (κ3) is 5.19. The van der Waals surface area contributed by atoms with Crippen LogP contribution in [0.25, 0.3) is 10.1 Å². The average molecular weight is 392 g/mol. The third-order valence-electron chi connectivity index (χ3n) is 5.04. The van der Waals surface area contributed by atoms with Crippen LogP contribution in [0.1, 0.15) is 30.7 Å². The topological polar surface area (TPSA) is 86.1 Å². The lowest BCUT2D eigenvalue weighted by atomic mass is 9.81. The first-order chi connectivity index (χ1) is 13.2. The van der Waals surface area contributed by atoms with E-state index >= 15 is 0 Å². The van der Waals surface area contributed by atoms with Crippen molar-refractivity contribution in [2.75, 3.05) is 39.5 Å². The van der Waals surface area contributed by atoms with Crippen LogP contribution < -0.4 is 10.6 Å². The van der Waals surface area contributed by atoms with Crippen LogP contribution in [0.2, 0.25) is 0 Å². The summed E-state index contributed by atoms with van der Waals surface area (Å²) in [6.07, 6.45) is 1.04. The highest BCUT2D eigenvalue weighted by atomic mass is 32.1. The van der Waals surface area contributed by atoms with E-state index in [9.17, 15) is 10.2 Å². The molecule has 1 saturated heterocycles. The molecule has 1 aliphatic rings. The van der Waals surface area contributed by atoms with Gasteiger partial charge in [-0.1, -0.05) is 18.2 Å². The lowest BCUT2D eigenvalue weighted by molar-refractivity contribution is -0.0106. The van der Waals surface area contributed by atoms with Crippen molar-refractivity contribution in [3.63, 3.8) is 0 Å². The Bertz CT molecular complexity index is 723. The van der Waals surface area contributed by atoms with Crippen molar-refractivity contribution in [3.05, 3.63) is 35.2 Å². The number of nitrogens with one attached hydrogen (secondary N) is 2. The molecule has 1 unspecified atom stereocenters. The Kier molecular flexibility index (Phi) is 7.07. The van der Waals surface area contributed by atoms with Gasteiger partial charge in [-0.2, -0.15) is 0 Å². The Morgan fingerprint density at radius 1 is 1.30 bits per heavy atom. The van der Waals surface area contributed by atoms with Gasteiger partial charge in [0.15, 0.2) is 5.96 Å². The minimum Gasteiger partial charge on any atom is -0.396 e. The zero-order valence-electron chi connectivity index (χ0n) is 15.8. The SMILES string of the molecule is CCNC(=NCC1(CO)CCOCC1)NCC(O)c1cc2ccccc2s1. The molecule has 0 radical (unpaired) electrons. The monoisotopic (exact) mass is 391 g/mol. The highest BCUT2D eigenvalue weighted by Crippen LogP contribution is 2.31. The zero-order valence-corrected chi connectivity index (χ0v) is 16.6. The third-order valence-corrected chi connectivity index (χ3v) is 6.26. The molecule has 2 heterocycles. The Morgan fingerprint density at radius 3 is 2.78 bits per heavy atom. The van der Waals surface area contributed by atoms with Gasteiger partial charge in [0, 0.05) is 41.3 Å². The van der Waals surface area contributed by atoms with E-state index < -0.39 is 6.10 Å². The van der Waals surface area contributed by atoms with Gasteiger partial charge in [-0.15, -0.1) is 11.3 Å². The predicted octanol–water partition coefficient (Wildman–Crippen LogP) is 2.28. The summed E-state index contributed by atoms with van der Waals surface area (Å²) in [6.45, 7) is 5.13. The largest absolute Gasteiger partial charge is 0.396 e. The maximum Gasteiger partial charge on any atom is 0.191 e. The summed E-state index contributed by atoms with van der Waals surface area (Å²) in [6, 6.07) is 10.2. The molecule has 0 aliphatic carbocycles. The van der Waals surface area contributed by atoms with Crippen molar-refractivity contribution in [2.45, 2.75) is 25.9 Å². The molecule has 4 N–H and O–H groups in total. The first-order valence-electron chi connectivity index (χ1n) is 9.53. The summed E-state index contributed by atoms with van der Waals surface area (Å²) in [5, 5.41) is 28.0. The summed E-state index contributed by atoms with van der Waals surface area (Å²) in [5.74, 6) is 0.664. The number of ether oxygens (including phenoxy) is 1. The van der Waals surface area contributed by atoms with Crippen LogP contribution in [0.15, 0.2) is 35.3 Å². The Balaban J connectivity index is 1.61. The molecule has 6 nitrogen and oxygen atoms in total. The number of fused-ring (bicyclic) bond motifs is 1. The number of rotatable bonds is 7. The van der Waals surface area contributed by atoms with Gasteiger partial charge in [0.1, 0.15) is 6.10 Å². The van der Waals surface area contributed by atoms with Crippen LogP contribution in [0, 0.1) is 5.41 Å². The molecule has 1 fully saturated rings. The minimum absolute atomic E-state index is 0.115. The van der Waals surface area contributed by atoms with Gasteiger partial charge < -0.3 is 25.6 Å². The Labute approximate surface area is 164 Å². The quantitative estimate of drug-likeness (QED) is 0.430. The Morgan fingerprint density at radius 2 is 2.07 bits per heavy atom. The van der Waals surface area contributed by atoms with E-state index in [2.05, 4.69) is 27.8 Å². The summed E-state index contributed by atoms with van der Waals surface area (Å²) < 4.78 is 6.59. The van der Waals surface area contributed by atoms with E-state index in [0.29, 0.717) is 32.3 Å². The van der Waals surface area contributed by atoms with Crippen molar-refractivity contribution in [2.24, 2.45) is 10.4 Å². The molecule has 27 heavy (non-hydrogen) atoms. The number of hydrogen-bond acceptors (Lipinski definition) is 5. The first-order valence-corrected chi connectivity index (χ1v) is 10.3. The smallest absolute Gasteiger partial charge is 0.191 e. The fourth-order valence-electron chi connectivity index (χ4n) is 3.22. The molecule has 0 spiro atoms. The molecule has 1 aromatic heterocycles. The number of hydrogen-bond donors (Lipinski definition) is 4. The summed E-state index contributed by atoms with van der Waals surface area (Å²) in [5.41, 5.74) is -0.204. The van der Waals surface area contributed by atoms with Gasteiger partial charge >= 0.3 is 0 Å². The lowest BCUT2D eigenvalue weighted by Crippen LogP contribution is -2.42. The van der Waals surface area contributed by atoms with Crippen molar-refractivity contribution >= 4 is 27.4 Å². The van der Waals surface area contributed by atoms with E-state index in [1.54, 1.807) is 11.3 Å². The number of nitrogens with zero attached hydrogens (tertiary/aromatic N) is 1. The fourth-order valence-corrected chi connectivity index (χ4v) is 4.27. The number of aliphatic hydroxyl groups is 2. The highest BCUT2D eigenvalue weighted by molar-refractivity contribution is 7.19. The van der Waals surface area contributed by atoms with E-state index in [1.807, 2.05) is 25.1 Å². The molecular formula is C20H29N3O3S. The van der Waals surface area contributed by atoms with Crippen LogP contribution in [0.5, 0.6) is 0 Å². The van der Waals surface area contributed by atoms with Gasteiger partial charge in [0.25, 0.3) is 0 Å². The van der Waals surface area contributed by atoms with Crippen molar-refractivity contribution < 1.29 is 14.9 Å². The number of guanidine groups is 1. The maximum absolute atomic E-state index is 10.6.